The lowest BCUT2D eigenvalue weighted by molar-refractivity contribution is -0.147. The van der Waals surface area contributed by atoms with Crippen LogP contribution in [0, 0.1) is 0 Å². The van der Waals surface area contributed by atoms with Gasteiger partial charge in [0.2, 0.25) is 0 Å². The van der Waals surface area contributed by atoms with E-state index in [0.29, 0.717) is 17.7 Å². The van der Waals surface area contributed by atoms with E-state index in [0.717, 1.165) is 38.8 Å². The van der Waals surface area contributed by atoms with Crippen LogP contribution in [0.2, 0.25) is 0 Å². The van der Waals surface area contributed by atoms with E-state index in [9.17, 15) is 9.59 Å². The topological polar surface area (TPSA) is 55.8 Å². The van der Waals surface area contributed by atoms with Crippen molar-refractivity contribution >= 4 is 11.9 Å². The predicted octanol–water partition coefficient (Wildman–Crippen LogP) is 1.54. The molecule has 1 spiro atoms. The fourth-order valence-corrected chi connectivity index (χ4v) is 3.30. The molecule has 0 aromatic heterocycles. The first kappa shape index (κ1) is 13.2. The number of rotatable bonds is 2. The Morgan fingerprint density at radius 2 is 2.10 bits per heavy atom. The Morgan fingerprint density at radius 1 is 1.35 bits per heavy atom. The number of hydrogen-bond donors (Lipinski definition) is 0. The molecule has 1 saturated heterocycles. The van der Waals surface area contributed by atoms with Gasteiger partial charge in [-0.15, -0.1) is 0 Å². The first-order valence-electron chi connectivity index (χ1n) is 7.17. The van der Waals surface area contributed by atoms with Crippen LogP contribution in [0.3, 0.4) is 0 Å². The monoisotopic (exact) mass is 277 g/mol. The second kappa shape index (κ2) is 4.96. The van der Waals surface area contributed by atoms with Crippen LogP contribution in [0.4, 0.5) is 0 Å². The first-order valence-corrected chi connectivity index (χ1v) is 7.17. The Kier molecular flexibility index (Phi) is 3.28. The summed E-state index contributed by atoms with van der Waals surface area (Å²) in [5.41, 5.74) is -0.0934. The van der Waals surface area contributed by atoms with E-state index in [-0.39, 0.29) is 5.97 Å². The molecule has 0 aromatic rings. The molecule has 20 heavy (non-hydrogen) atoms. The van der Waals surface area contributed by atoms with Crippen LogP contribution in [0.5, 0.6) is 0 Å². The van der Waals surface area contributed by atoms with E-state index in [1.807, 2.05) is 17.1 Å². The molecule has 0 radical (unpaired) electrons. The van der Waals surface area contributed by atoms with Crippen LogP contribution in [0.1, 0.15) is 32.1 Å². The Morgan fingerprint density at radius 3 is 2.70 bits per heavy atom. The van der Waals surface area contributed by atoms with Gasteiger partial charge in [-0.3, -0.25) is 0 Å². The second-order valence-electron chi connectivity index (χ2n) is 5.48. The highest BCUT2D eigenvalue weighted by Crippen LogP contribution is 2.42. The van der Waals surface area contributed by atoms with Crippen molar-refractivity contribution in [2.75, 3.05) is 20.2 Å². The lowest BCUT2D eigenvalue weighted by Gasteiger charge is -2.28. The molecule has 0 aromatic carbocycles. The summed E-state index contributed by atoms with van der Waals surface area (Å²) >= 11 is 0. The lowest BCUT2D eigenvalue weighted by atomic mass is 9.84. The molecule has 5 heteroatoms. The van der Waals surface area contributed by atoms with Gasteiger partial charge in [0.1, 0.15) is 11.3 Å². The Balaban J connectivity index is 2.09. The van der Waals surface area contributed by atoms with Crippen molar-refractivity contribution in [3.05, 3.63) is 23.4 Å². The smallest absolute Gasteiger partial charge is 0.356 e. The number of methoxy groups -OCH3 is 1. The summed E-state index contributed by atoms with van der Waals surface area (Å²) in [5.74, 6) is -0.844. The number of esters is 2. The van der Waals surface area contributed by atoms with E-state index >= 15 is 0 Å². The van der Waals surface area contributed by atoms with Crippen molar-refractivity contribution < 1.29 is 19.1 Å². The maximum absolute atomic E-state index is 12.3. The van der Waals surface area contributed by atoms with Gasteiger partial charge < -0.3 is 14.4 Å². The molecule has 1 unspecified atom stereocenters. The van der Waals surface area contributed by atoms with Gasteiger partial charge in [0.05, 0.1) is 7.11 Å². The van der Waals surface area contributed by atoms with Gasteiger partial charge in [-0.05, 0) is 38.2 Å². The molecular weight excluding hydrogens is 258 g/mol. The summed E-state index contributed by atoms with van der Waals surface area (Å²) in [6, 6.07) is 0. The molecule has 2 aliphatic heterocycles. The van der Waals surface area contributed by atoms with Crippen molar-refractivity contribution in [2.24, 2.45) is 0 Å². The molecule has 1 fully saturated rings. The highest BCUT2D eigenvalue weighted by atomic mass is 16.6. The maximum atomic E-state index is 12.3. The fraction of sp³-hybridized carbons (Fsp3) is 0.600. The molecule has 5 nitrogen and oxygen atoms in total. The van der Waals surface area contributed by atoms with Crippen molar-refractivity contribution in [3.8, 4) is 0 Å². The minimum atomic E-state index is -0.902. The number of likely N-dealkylation sites (tertiary alicyclic amines) is 1. The highest BCUT2D eigenvalue weighted by molar-refractivity contribution is 6.05. The molecule has 0 saturated carbocycles. The van der Waals surface area contributed by atoms with Crippen LogP contribution in [-0.4, -0.2) is 42.6 Å². The fourth-order valence-electron chi connectivity index (χ4n) is 3.30. The Labute approximate surface area is 118 Å². The average molecular weight is 277 g/mol. The van der Waals surface area contributed by atoms with Crippen molar-refractivity contribution in [3.63, 3.8) is 0 Å². The van der Waals surface area contributed by atoms with Gasteiger partial charge in [0.25, 0.3) is 0 Å². The zero-order valence-electron chi connectivity index (χ0n) is 11.7. The Bertz CT molecular complexity index is 502. The summed E-state index contributed by atoms with van der Waals surface area (Å²) in [4.78, 5) is 26.5. The molecule has 0 N–H and O–H groups in total. The summed E-state index contributed by atoms with van der Waals surface area (Å²) < 4.78 is 10.5. The van der Waals surface area contributed by atoms with Gasteiger partial charge in [-0.2, -0.15) is 0 Å². The molecular formula is C15H19NO4. The lowest BCUT2D eigenvalue weighted by Crippen LogP contribution is -2.35. The largest absolute Gasteiger partial charge is 0.465 e. The summed E-state index contributed by atoms with van der Waals surface area (Å²) in [7, 11) is 1.35. The second-order valence-corrected chi connectivity index (χ2v) is 5.48. The molecule has 3 rings (SSSR count). The normalized spacial score (nSPS) is 29.2. The van der Waals surface area contributed by atoms with Crippen LogP contribution >= 0.6 is 0 Å². The van der Waals surface area contributed by atoms with Crippen LogP contribution < -0.4 is 0 Å². The van der Waals surface area contributed by atoms with E-state index in [1.54, 1.807) is 0 Å². The summed E-state index contributed by atoms with van der Waals surface area (Å²) in [5, 5.41) is 0. The molecule has 2 heterocycles. The van der Waals surface area contributed by atoms with Gasteiger partial charge in [0.15, 0.2) is 5.60 Å². The number of nitrogens with zero attached hydrogens (tertiary/aromatic N) is 1. The standard InChI is InChI=1S/C15H19NO4/c1-19-13(17)11-12(16-9-5-6-10-16)14(18)20-15(11)7-3-2-4-8-15/h3,7H,2,4-6,8-10H2,1H3. The minimum Gasteiger partial charge on any atom is -0.465 e. The molecule has 1 atom stereocenters. The van der Waals surface area contributed by atoms with Crippen molar-refractivity contribution in [1.82, 2.24) is 4.90 Å². The van der Waals surface area contributed by atoms with Crippen LogP contribution in [0.15, 0.2) is 23.4 Å². The average Bonchev–Trinajstić information content (AvgIpc) is 3.05. The molecule has 1 aliphatic carbocycles. The van der Waals surface area contributed by atoms with E-state index in [1.165, 1.54) is 7.11 Å². The van der Waals surface area contributed by atoms with E-state index < -0.39 is 11.6 Å². The number of ether oxygens (including phenoxy) is 2. The first-order chi connectivity index (χ1) is 9.68. The highest BCUT2D eigenvalue weighted by Gasteiger charge is 2.51. The number of hydrogen-bond acceptors (Lipinski definition) is 5. The molecule has 0 amide bonds. The van der Waals surface area contributed by atoms with E-state index in [2.05, 4.69) is 0 Å². The zero-order chi connectivity index (χ0) is 14.2. The molecule has 3 aliphatic rings. The van der Waals surface area contributed by atoms with Crippen molar-refractivity contribution in [1.29, 1.82) is 0 Å². The third-order valence-corrected chi connectivity index (χ3v) is 4.25. The number of allylic oxidation sites excluding steroid dienone is 1. The van der Waals surface area contributed by atoms with Crippen LogP contribution in [0.25, 0.3) is 0 Å². The number of carbonyl (C=O) groups is 2. The van der Waals surface area contributed by atoms with Gasteiger partial charge in [-0.1, -0.05) is 6.08 Å². The SMILES string of the molecule is COC(=O)C1=C(N2CCCC2)C(=O)OC12C=CCCC2. The Hall–Kier alpha value is -1.78. The maximum Gasteiger partial charge on any atom is 0.356 e. The third kappa shape index (κ3) is 1.92. The summed E-state index contributed by atoms with van der Waals surface area (Å²) in [6.07, 6.45) is 8.40. The summed E-state index contributed by atoms with van der Waals surface area (Å²) in [6.45, 7) is 1.59. The van der Waals surface area contributed by atoms with Gasteiger partial charge in [0, 0.05) is 13.1 Å². The van der Waals surface area contributed by atoms with Gasteiger partial charge >= 0.3 is 11.9 Å². The minimum absolute atomic E-state index is 0.390. The van der Waals surface area contributed by atoms with Crippen LogP contribution in [-0.2, 0) is 19.1 Å². The zero-order valence-corrected chi connectivity index (χ0v) is 11.7. The van der Waals surface area contributed by atoms with Crippen molar-refractivity contribution in [2.45, 2.75) is 37.7 Å². The number of carbonyl (C=O) groups excluding carboxylic acids is 2. The molecule has 0 bridgehead atoms. The van der Waals surface area contributed by atoms with Gasteiger partial charge in [-0.25, -0.2) is 9.59 Å². The van der Waals surface area contributed by atoms with E-state index in [4.69, 9.17) is 9.47 Å². The quantitative estimate of drug-likeness (QED) is 0.566. The molecule has 108 valence electrons. The third-order valence-electron chi connectivity index (χ3n) is 4.25. The predicted molar refractivity (Wildman–Crippen MR) is 71.7 cm³/mol.